The zero-order valence-electron chi connectivity index (χ0n) is 16.1. The van der Waals surface area contributed by atoms with Crippen LogP contribution in [0.25, 0.3) is 22.3 Å². The van der Waals surface area contributed by atoms with Gasteiger partial charge in [-0.15, -0.1) is 17.1 Å². The van der Waals surface area contributed by atoms with Gasteiger partial charge in [0.05, 0.1) is 5.56 Å². The lowest BCUT2D eigenvalue weighted by atomic mass is 10.1. The molecule has 0 N–H and O–H groups in total. The van der Waals surface area contributed by atoms with Gasteiger partial charge in [0.2, 0.25) is 0 Å². The minimum atomic E-state index is -0.193. The van der Waals surface area contributed by atoms with Gasteiger partial charge >= 0.3 is 11.4 Å². The Morgan fingerprint density at radius 1 is 0.966 bits per heavy atom. The maximum atomic E-state index is 13.0. The summed E-state index contributed by atoms with van der Waals surface area (Å²) in [5, 5.41) is 35.6. The second kappa shape index (κ2) is 8.52. The highest BCUT2D eigenvalue weighted by Crippen LogP contribution is 2.24. The Bertz CT molecular complexity index is 1060. The van der Waals surface area contributed by atoms with Crippen molar-refractivity contribution in [3.63, 3.8) is 0 Å². The van der Waals surface area contributed by atoms with Crippen molar-refractivity contribution < 1.29 is 9.46 Å². The number of rotatable bonds is 3. The molecular formula is C21H22ClN5O2. The molecule has 2 aromatic carbocycles. The maximum absolute atomic E-state index is 13.0. The molecule has 1 aromatic heterocycles. The highest BCUT2D eigenvalue weighted by Gasteiger charge is 2.30. The first-order chi connectivity index (χ1) is 13.6. The molecule has 2 heterocycles. The van der Waals surface area contributed by atoms with E-state index in [4.69, 9.17) is 0 Å². The third-order valence-electron chi connectivity index (χ3n) is 5.36. The van der Waals surface area contributed by atoms with E-state index in [-0.39, 0.29) is 34.8 Å². The van der Waals surface area contributed by atoms with E-state index in [9.17, 15) is 15.7 Å². The Labute approximate surface area is 175 Å². The van der Waals surface area contributed by atoms with Crippen molar-refractivity contribution in [2.45, 2.75) is 6.92 Å². The van der Waals surface area contributed by atoms with Gasteiger partial charge in [-0.2, -0.15) is 9.99 Å². The summed E-state index contributed by atoms with van der Waals surface area (Å²) in [5.74, 6) is 0. The molecule has 0 radical (unpaired) electrons. The van der Waals surface area contributed by atoms with Crippen LogP contribution in [0.5, 0.6) is 0 Å². The Kier molecular flexibility index (Phi) is 6.06. The molecule has 1 fully saturated rings. The number of anilines is 1. The van der Waals surface area contributed by atoms with Crippen molar-refractivity contribution in [3.05, 3.63) is 64.6 Å². The van der Waals surface area contributed by atoms with E-state index in [0.717, 1.165) is 38.4 Å². The van der Waals surface area contributed by atoms with Crippen LogP contribution in [0.3, 0.4) is 0 Å². The predicted octanol–water partition coefficient (Wildman–Crippen LogP) is 2.21. The quantitative estimate of drug-likeness (QED) is 0.487. The van der Waals surface area contributed by atoms with Crippen LogP contribution < -0.4 is 14.4 Å². The van der Waals surface area contributed by atoms with E-state index in [1.54, 1.807) is 36.4 Å². The number of likely N-dealkylation sites (N-methyl/N-ethyl adjacent to an activating group) is 1. The monoisotopic (exact) mass is 411 g/mol. The molecule has 0 atom stereocenters. The van der Waals surface area contributed by atoms with Gasteiger partial charge in [-0.1, -0.05) is 25.1 Å². The molecule has 1 aliphatic rings. The topological polar surface area (TPSA) is 84.2 Å². The normalized spacial score (nSPS) is 14.4. The molecule has 150 valence electrons. The lowest BCUT2D eigenvalue weighted by Crippen LogP contribution is -2.46. The maximum Gasteiger partial charge on any atom is 0.369 e. The highest BCUT2D eigenvalue weighted by molar-refractivity contribution is 5.85. The van der Waals surface area contributed by atoms with Gasteiger partial charge in [-0.25, -0.2) is 0 Å². The Morgan fingerprint density at radius 2 is 1.66 bits per heavy atom. The molecule has 7 nitrogen and oxygen atoms in total. The van der Waals surface area contributed by atoms with Crippen LogP contribution in [0.1, 0.15) is 12.6 Å². The number of piperazine rings is 1. The molecule has 8 heteroatoms. The fourth-order valence-corrected chi connectivity index (χ4v) is 3.75. The van der Waals surface area contributed by atoms with Crippen molar-refractivity contribution in [2.75, 3.05) is 37.6 Å². The van der Waals surface area contributed by atoms with Gasteiger partial charge in [0.25, 0.3) is 11.0 Å². The fraction of sp³-hybridized carbons (Fsp3) is 0.286. The summed E-state index contributed by atoms with van der Waals surface area (Å²) in [6.45, 7) is 6.82. The second-order valence-corrected chi connectivity index (χ2v) is 6.86. The number of benzene rings is 2. The van der Waals surface area contributed by atoms with Gasteiger partial charge in [-0.05, 0) is 24.7 Å². The third-order valence-corrected chi connectivity index (χ3v) is 5.36. The van der Waals surface area contributed by atoms with E-state index in [0.29, 0.717) is 15.0 Å². The van der Waals surface area contributed by atoms with Crippen LogP contribution in [0.15, 0.2) is 48.5 Å². The number of aromatic nitrogens is 2. The largest absolute Gasteiger partial charge is 0.617 e. The number of hydrogen-bond acceptors (Lipinski definition) is 5. The summed E-state index contributed by atoms with van der Waals surface area (Å²) < 4.78 is 1.27. The van der Waals surface area contributed by atoms with Crippen LogP contribution in [0.4, 0.5) is 5.69 Å². The fourth-order valence-electron chi connectivity index (χ4n) is 3.75. The Hall–Kier alpha value is -3.08. The first kappa shape index (κ1) is 20.6. The lowest BCUT2D eigenvalue weighted by Gasteiger charge is -2.35. The summed E-state index contributed by atoms with van der Waals surface area (Å²) in [6, 6.07) is 16.0. The van der Waals surface area contributed by atoms with Gasteiger partial charge in [-0.3, -0.25) is 0 Å². The molecule has 0 bridgehead atoms. The molecule has 0 aliphatic carbocycles. The summed E-state index contributed by atoms with van der Waals surface area (Å²) in [6.07, 6.45) is 0. The minimum absolute atomic E-state index is 0. The van der Waals surface area contributed by atoms with Crippen molar-refractivity contribution in [2.24, 2.45) is 0 Å². The minimum Gasteiger partial charge on any atom is -0.617 e. The van der Waals surface area contributed by atoms with E-state index < -0.39 is 0 Å². The summed E-state index contributed by atoms with van der Waals surface area (Å²) in [4.78, 5) is 4.58. The van der Waals surface area contributed by atoms with Crippen LogP contribution in [-0.4, -0.2) is 37.6 Å². The molecule has 0 amide bonds. The number of hydrogen-bond donors (Lipinski definition) is 0. The number of nitrogens with zero attached hydrogens (tertiary/aromatic N) is 5. The number of nitriles is 1. The molecule has 0 unspecified atom stereocenters. The van der Waals surface area contributed by atoms with Crippen molar-refractivity contribution in [1.82, 2.24) is 4.90 Å². The first-order valence-corrected chi connectivity index (χ1v) is 9.39. The summed E-state index contributed by atoms with van der Waals surface area (Å²) in [7, 11) is 0. The van der Waals surface area contributed by atoms with Crippen LogP contribution in [0, 0.1) is 21.7 Å². The highest BCUT2D eigenvalue weighted by atomic mass is 35.5. The zero-order chi connectivity index (χ0) is 19.7. The molecule has 4 rings (SSSR count). The first-order valence-electron chi connectivity index (χ1n) is 9.39. The summed E-state index contributed by atoms with van der Waals surface area (Å²) in [5.41, 5.74) is 1.78. The van der Waals surface area contributed by atoms with Gasteiger partial charge < -0.3 is 20.2 Å². The molecule has 3 aromatic rings. The van der Waals surface area contributed by atoms with E-state index in [2.05, 4.69) is 16.7 Å². The zero-order valence-corrected chi connectivity index (χ0v) is 16.9. The van der Waals surface area contributed by atoms with Crippen molar-refractivity contribution in [1.29, 1.82) is 5.26 Å². The predicted molar refractivity (Wildman–Crippen MR) is 114 cm³/mol. The van der Waals surface area contributed by atoms with Gasteiger partial charge in [0, 0.05) is 44.0 Å². The Balaban J connectivity index is 0.00000240. The SMILES string of the molecule is CCN1CCN(c2ccc3c(c2)[n+]([O-])c(C#N)c(-c2ccccc2)[n+]3[O-])CC1.Cl. The van der Waals surface area contributed by atoms with E-state index in [1.807, 2.05) is 18.2 Å². The molecule has 29 heavy (non-hydrogen) atoms. The smallest absolute Gasteiger partial charge is 0.369 e. The molecular weight excluding hydrogens is 390 g/mol. The van der Waals surface area contributed by atoms with Crippen LogP contribution >= 0.6 is 12.4 Å². The standard InChI is InChI=1S/C21H21N5O2.ClH/c1-2-23-10-12-24(13-11-23)17-8-9-18-19(14-17)25(27)20(15-22)21(26(18)28)16-6-4-3-5-7-16;/h3-9,14H,2,10-13H2,1H3;1H. The number of fused-ring (bicyclic) bond motifs is 1. The molecule has 1 saturated heterocycles. The average Bonchev–Trinajstić information content (AvgIpc) is 2.76. The Morgan fingerprint density at radius 3 is 2.28 bits per heavy atom. The van der Waals surface area contributed by atoms with Gasteiger partial charge in [0.15, 0.2) is 6.07 Å². The van der Waals surface area contributed by atoms with Crippen LogP contribution in [-0.2, 0) is 0 Å². The van der Waals surface area contributed by atoms with Crippen molar-refractivity contribution >= 4 is 29.1 Å². The van der Waals surface area contributed by atoms with E-state index >= 15 is 0 Å². The lowest BCUT2D eigenvalue weighted by molar-refractivity contribution is -0.622. The van der Waals surface area contributed by atoms with Crippen LogP contribution in [0.2, 0.25) is 0 Å². The third kappa shape index (κ3) is 3.65. The van der Waals surface area contributed by atoms with Gasteiger partial charge in [0.1, 0.15) is 0 Å². The average molecular weight is 412 g/mol. The summed E-state index contributed by atoms with van der Waals surface area (Å²) >= 11 is 0. The molecule has 0 spiro atoms. The molecule has 1 aliphatic heterocycles. The molecule has 0 saturated carbocycles. The number of halogens is 1. The second-order valence-electron chi connectivity index (χ2n) is 6.86. The van der Waals surface area contributed by atoms with Crippen molar-refractivity contribution in [3.8, 4) is 17.3 Å². The van der Waals surface area contributed by atoms with E-state index in [1.165, 1.54) is 0 Å².